The lowest BCUT2D eigenvalue weighted by Crippen LogP contribution is -2.40. The summed E-state index contributed by atoms with van der Waals surface area (Å²) in [6.45, 7) is 17.8. The summed E-state index contributed by atoms with van der Waals surface area (Å²) >= 11 is 0. The van der Waals surface area contributed by atoms with Gasteiger partial charge in [-0.1, -0.05) is 53.7 Å². The first kappa shape index (κ1) is 19.2. The van der Waals surface area contributed by atoms with Crippen molar-refractivity contribution in [2.75, 3.05) is 6.54 Å². The highest BCUT2D eigenvalue weighted by Crippen LogP contribution is 2.23. The molecule has 0 fully saturated rings. The Kier molecular flexibility index (Phi) is 7.00. The van der Waals surface area contributed by atoms with Gasteiger partial charge >= 0.3 is 0 Å². The second-order valence-corrected chi connectivity index (χ2v) is 8.82. The highest BCUT2D eigenvalue weighted by atomic mass is 16.2. The number of hydrogen-bond donors (Lipinski definition) is 1. The molecule has 118 valence electrons. The van der Waals surface area contributed by atoms with E-state index >= 15 is 0 Å². The van der Waals surface area contributed by atoms with Crippen LogP contribution < -0.4 is 5.32 Å². The number of amides is 1. The van der Waals surface area contributed by atoms with E-state index in [1.165, 1.54) is 12.8 Å². The highest BCUT2D eigenvalue weighted by molar-refractivity contribution is 5.83. The Morgan fingerprint density at radius 3 is 1.95 bits per heavy atom. The predicted molar refractivity (Wildman–Crippen MR) is 88.7 cm³/mol. The van der Waals surface area contributed by atoms with Crippen molar-refractivity contribution in [2.45, 2.75) is 74.7 Å². The van der Waals surface area contributed by atoms with Gasteiger partial charge in [0.05, 0.1) is 5.41 Å². The molecular formula is C18H35NO. The molecule has 0 aromatic rings. The second kappa shape index (κ2) is 7.28. The molecule has 1 N–H and O–H groups in total. The van der Waals surface area contributed by atoms with E-state index in [9.17, 15) is 4.79 Å². The first-order valence-corrected chi connectivity index (χ1v) is 7.80. The fraction of sp³-hybridized carbons (Fsp3) is 0.833. The lowest BCUT2D eigenvalue weighted by atomic mass is 9.88. The van der Waals surface area contributed by atoms with E-state index in [0.717, 1.165) is 6.42 Å². The van der Waals surface area contributed by atoms with Gasteiger partial charge in [-0.2, -0.15) is 0 Å². The van der Waals surface area contributed by atoms with Crippen LogP contribution in [0.15, 0.2) is 12.2 Å². The quantitative estimate of drug-likeness (QED) is 0.542. The molecule has 0 rings (SSSR count). The molecule has 0 aliphatic heterocycles. The summed E-state index contributed by atoms with van der Waals surface area (Å²) in [5.41, 5.74) is 0.0998. The van der Waals surface area contributed by atoms with Crippen LogP contribution >= 0.6 is 0 Å². The maximum Gasteiger partial charge on any atom is 0.229 e. The van der Waals surface area contributed by atoms with Gasteiger partial charge < -0.3 is 5.32 Å². The molecule has 0 aliphatic carbocycles. The summed E-state index contributed by atoms with van der Waals surface area (Å²) in [5, 5.41) is 3.04. The lowest BCUT2D eigenvalue weighted by Gasteiger charge is -2.24. The zero-order valence-corrected chi connectivity index (χ0v) is 14.9. The maximum atomic E-state index is 12.2. The van der Waals surface area contributed by atoms with Gasteiger partial charge in [-0.05, 0) is 43.9 Å². The predicted octanol–water partition coefficient (Wildman–Crippen LogP) is 4.95. The van der Waals surface area contributed by atoms with Gasteiger partial charge in [0, 0.05) is 6.54 Å². The molecule has 0 spiro atoms. The van der Waals surface area contributed by atoms with E-state index in [1.54, 1.807) is 0 Å². The van der Waals surface area contributed by atoms with Crippen molar-refractivity contribution < 1.29 is 4.79 Å². The number of rotatable bonds is 6. The van der Waals surface area contributed by atoms with Crippen molar-refractivity contribution in [2.24, 2.45) is 16.2 Å². The van der Waals surface area contributed by atoms with Crippen molar-refractivity contribution in [1.29, 1.82) is 0 Å². The lowest BCUT2D eigenvalue weighted by molar-refractivity contribution is -0.127. The summed E-state index contributed by atoms with van der Waals surface area (Å²) in [7, 11) is 0. The van der Waals surface area contributed by atoms with Crippen LogP contribution in [-0.4, -0.2) is 12.5 Å². The summed E-state index contributed by atoms with van der Waals surface area (Å²) < 4.78 is 0. The third-order valence-electron chi connectivity index (χ3n) is 3.20. The molecule has 2 heteroatoms. The zero-order chi connectivity index (χ0) is 16.0. The monoisotopic (exact) mass is 281 g/mol. The van der Waals surface area contributed by atoms with E-state index in [1.807, 2.05) is 19.9 Å². The molecule has 0 bridgehead atoms. The molecule has 20 heavy (non-hydrogen) atoms. The second-order valence-electron chi connectivity index (χ2n) is 8.82. The van der Waals surface area contributed by atoms with Crippen LogP contribution in [-0.2, 0) is 4.79 Å². The number of hydrogen-bond acceptors (Lipinski definition) is 1. The molecule has 0 saturated carbocycles. The number of carbonyl (C=O) groups is 1. The van der Waals surface area contributed by atoms with Crippen LogP contribution in [0.1, 0.15) is 74.7 Å². The summed E-state index contributed by atoms with van der Waals surface area (Å²) in [6.07, 6.45) is 7.65. The number of carbonyl (C=O) groups excluding carboxylic acids is 1. The van der Waals surface area contributed by atoms with Gasteiger partial charge in [0.15, 0.2) is 0 Å². The van der Waals surface area contributed by atoms with E-state index < -0.39 is 5.41 Å². The van der Waals surface area contributed by atoms with Crippen LogP contribution in [0.25, 0.3) is 0 Å². The van der Waals surface area contributed by atoms with E-state index in [2.05, 4.69) is 52.9 Å². The third kappa shape index (κ3) is 10.1. The van der Waals surface area contributed by atoms with Crippen LogP contribution in [0.4, 0.5) is 0 Å². The Labute approximate surface area is 126 Å². The SMILES string of the molecule is CC(C)(C)CCC/C=C/C(C)(C)C(=O)NCC(C)(C)C. The molecule has 0 heterocycles. The molecule has 0 radical (unpaired) electrons. The molecular weight excluding hydrogens is 246 g/mol. The fourth-order valence-corrected chi connectivity index (χ4v) is 1.78. The van der Waals surface area contributed by atoms with E-state index in [4.69, 9.17) is 0 Å². The van der Waals surface area contributed by atoms with Gasteiger partial charge in [0.25, 0.3) is 0 Å². The Morgan fingerprint density at radius 1 is 0.950 bits per heavy atom. The van der Waals surface area contributed by atoms with Gasteiger partial charge in [-0.15, -0.1) is 0 Å². The average molecular weight is 281 g/mol. The summed E-state index contributed by atoms with van der Waals surface area (Å²) in [5.74, 6) is 0.111. The van der Waals surface area contributed by atoms with Crippen molar-refractivity contribution in [3.05, 3.63) is 12.2 Å². The van der Waals surface area contributed by atoms with Gasteiger partial charge in [-0.3, -0.25) is 4.79 Å². The number of allylic oxidation sites excluding steroid dienone is 1. The van der Waals surface area contributed by atoms with E-state index in [0.29, 0.717) is 12.0 Å². The molecule has 0 saturated heterocycles. The molecule has 0 aliphatic rings. The number of unbranched alkanes of at least 4 members (excludes halogenated alkanes) is 1. The third-order valence-corrected chi connectivity index (χ3v) is 3.20. The Balaban J connectivity index is 4.19. The standard InChI is InChI=1S/C18H35NO/c1-16(2,3)12-10-9-11-13-18(7,8)15(20)19-14-17(4,5)6/h11,13H,9-10,12,14H2,1-8H3,(H,19,20)/b13-11+. The number of nitrogens with one attached hydrogen (secondary N) is 1. The van der Waals surface area contributed by atoms with Crippen molar-refractivity contribution in [1.82, 2.24) is 5.32 Å². The van der Waals surface area contributed by atoms with Crippen molar-refractivity contribution >= 4 is 5.91 Å². The summed E-state index contributed by atoms with van der Waals surface area (Å²) in [4.78, 5) is 12.2. The smallest absolute Gasteiger partial charge is 0.229 e. The minimum absolute atomic E-state index is 0.111. The average Bonchev–Trinajstić information content (AvgIpc) is 2.22. The Bertz CT molecular complexity index is 326. The fourth-order valence-electron chi connectivity index (χ4n) is 1.78. The maximum absolute atomic E-state index is 12.2. The van der Waals surface area contributed by atoms with Crippen LogP contribution in [0.3, 0.4) is 0 Å². The zero-order valence-electron chi connectivity index (χ0n) is 14.9. The minimum Gasteiger partial charge on any atom is -0.355 e. The van der Waals surface area contributed by atoms with Crippen LogP contribution in [0.5, 0.6) is 0 Å². The molecule has 2 nitrogen and oxygen atoms in total. The molecule has 0 unspecified atom stereocenters. The first-order chi connectivity index (χ1) is 8.83. The largest absolute Gasteiger partial charge is 0.355 e. The first-order valence-electron chi connectivity index (χ1n) is 7.80. The Morgan fingerprint density at radius 2 is 1.50 bits per heavy atom. The molecule has 0 aromatic heterocycles. The van der Waals surface area contributed by atoms with Crippen LogP contribution in [0, 0.1) is 16.2 Å². The Hall–Kier alpha value is -0.790. The van der Waals surface area contributed by atoms with Crippen molar-refractivity contribution in [3.63, 3.8) is 0 Å². The molecule has 0 atom stereocenters. The van der Waals surface area contributed by atoms with Gasteiger partial charge in [-0.25, -0.2) is 0 Å². The topological polar surface area (TPSA) is 29.1 Å². The van der Waals surface area contributed by atoms with E-state index in [-0.39, 0.29) is 11.3 Å². The van der Waals surface area contributed by atoms with Gasteiger partial charge in [0.1, 0.15) is 0 Å². The summed E-state index contributed by atoms with van der Waals surface area (Å²) in [6, 6.07) is 0. The molecule has 1 amide bonds. The van der Waals surface area contributed by atoms with Crippen LogP contribution in [0.2, 0.25) is 0 Å². The normalized spacial score (nSPS) is 13.8. The minimum atomic E-state index is -0.424. The van der Waals surface area contributed by atoms with Gasteiger partial charge in [0.2, 0.25) is 5.91 Å². The molecule has 0 aromatic carbocycles. The highest BCUT2D eigenvalue weighted by Gasteiger charge is 2.25. The van der Waals surface area contributed by atoms with Crippen molar-refractivity contribution in [3.8, 4) is 0 Å².